The first-order valence-electron chi connectivity index (χ1n) is 11.4. The molecule has 0 spiro atoms. The summed E-state index contributed by atoms with van der Waals surface area (Å²) in [5.41, 5.74) is 3.00. The van der Waals surface area contributed by atoms with Crippen molar-refractivity contribution >= 4 is 22.6 Å². The third-order valence-electron chi connectivity index (χ3n) is 6.11. The van der Waals surface area contributed by atoms with Gasteiger partial charge in [0.25, 0.3) is 0 Å². The fraction of sp³-hybridized carbons (Fsp3) is 0.222. The van der Waals surface area contributed by atoms with Crippen LogP contribution in [-0.4, -0.2) is 46.3 Å². The lowest BCUT2D eigenvalue weighted by molar-refractivity contribution is -0.132. The normalized spacial score (nSPS) is 13.9. The molecule has 4 aromatic rings. The van der Waals surface area contributed by atoms with Gasteiger partial charge in [0.1, 0.15) is 11.6 Å². The van der Waals surface area contributed by atoms with Crippen molar-refractivity contribution in [2.75, 3.05) is 31.1 Å². The molecule has 172 valence electrons. The van der Waals surface area contributed by atoms with Gasteiger partial charge in [-0.25, -0.2) is 9.37 Å². The zero-order valence-corrected chi connectivity index (χ0v) is 19.5. The zero-order chi connectivity index (χ0) is 23.3. The van der Waals surface area contributed by atoms with Crippen LogP contribution in [-0.2, 0) is 11.2 Å². The number of carbonyl (C=O) groups is 1. The van der Waals surface area contributed by atoms with Gasteiger partial charge in [-0.2, -0.15) is 4.37 Å². The van der Waals surface area contributed by atoms with E-state index in [1.165, 1.54) is 23.7 Å². The third kappa shape index (κ3) is 4.99. The van der Waals surface area contributed by atoms with Crippen LogP contribution in [0.15, 0.2) is 84.9 Å². The summed E-state index contributed by atoms with van der Waals surface area (Å²) in [5.74, 6) is 0.312. The maximum Gasteiger partial charge on any atom is 0.234 e. The molecule has 1 saturated heterocycles. The number of halogens is 1. The lowest BCUT2D eigenvalue weighted by Gasteiger charge is -2.36. The number of piperazine rings is 1. The second-order valence-electron chi connectivity index (χ2n) is 8.36. The van der Waals surface area contributed by atoms with Crippen molar-refractivity contribution in [2.45, 2.75) is 12.3 Å². The molecule has 1 aliphatic rings. The van der Waals surface area contributed by atoms with Crippen LogP contribution < -0.4 is 4.90 Å². The monoisotopic (exact) mass is 472 g/mol. The molecule has 34 heavy (non-hydrogen) atoms. The Bertz CT molecular complexity index is 1180. The van der Waals surface area contributed by atoms with E-state index < -0.39 is 0 Å². The van der Waals surface area contributed by atoms with E-state index in [4.69, 9.17) is 0 Å². The number of benzene rings is 3. The molecular weight excluding hydrogens is 447 g/mol. The van der Waals surface area contributed by atoms with Crippen LogP contribution in [0.2, 0.25) is 0 Å². The Morgan fingerprint density at radius 1 is 0.853 bits per heavy atom. The minimum Gasteiger partial charge on any atom is -0.343 e. The van der Waals surface area contributed by atoms with Gasteiger partial charge in [0.05, 0.1) is 5.92 Å². The largest absolute Gasteiger partial charge is 0.343 e. The van der Waals surface area contributed by atoms with E-state index in [1.54, 1.807) is 12.1 Å². The van der Waals surface area contributed by atoms with Crippen molar-refractivity contribution in [3.63, 3.8) is 0 Å². The highest BCUT2D eigenvalue weighted by molar-refractivity contribution is 7.09. The summed E-state index contributed by atoms with van der Waals surface area (Å²) in [5, 5.41) is 0.867. The highest BCUT2D eigenvalue weighted by atomic mass is 32.1. The van der Waals surface area contributed by atoms with Gasteiger partial charge in [0.15, 0.2) is 0 Å². The summed E-state index contributed by atoms with van der Waals surface area (Å²) in [6.45, 7) is 2.71. The molecule has 0 unspecified atom stereocenters. The Labute approximate surface area is 202 Å². The highest BCUT2D eigenvalue weighted by Gasteiger charge is 2.30. The number of hydrogen-bond acceptors (Lipinski definition) is 5. The van der Waals surface area contributed by atoms with E-state index in [9.17, 15) is 9.18 Å². The number of anilines is 1. The topological polar surface area (TPSA) is 49.3 Å². The summed E-state index contributed by atoms with van der Waals surface area (Å²) in [4.78, 5) is 22.5. The van der Waals surface area contributed by atoms with Crippen LogP contribution in [0.25, 0.3) is 0 Å². The fourth-order valence-corrected chi connectivity index (χ4v) is 5.04. The quantitative estimate of drug-likeness (QED) is 0.406. The average Bonchev–Trinajstić information content (AvgIpc) is 3.35. The van der Waals surface area contributed by atoms with Crippen LogP contribution >= 0.6 is 11.5 Å². The Kier molecular flexibility index (Phi) is 6.62. The van der Waals surface area contributed by atoms with Crippen LogP contribution in [0.4, 0.5) is 9.52 Å². The Balaban J connectivity index is 1.25. The molecule has 3 aromatic carbocycles. The highest BCUT2D eigenvalue weighted by Crippen LogP contribution is 2.28. The predicted octanol–water partition coefficient (Wildman–Crippen LogP) is 4.75. The summed E-state index contributed by atoms with van der Waals surface area (Å²) in [6.07, 6.45) is 0.574. The molecule has 7 heteroatoms. The van der Waals surface area contributed by atoms with Crippen LogP contribution in [0.1, 0.15) is 28.4 Å². The third-order valence-corrected chi connectivity index (χ3v) is 6.92. The lowest BCUT2D eigenvalue weighted by Crippen LogP contribution is -2.50. The molecule has 0 atom stereocenters. The maximum atomic E-state index is 13.6. The van der Waals surface area contributed by atoms with Crippen molar-refractivity contribution < 1.29 is 9.18 Å². The molecule has 0 saturated carbocycles. The van der Waals surface area contributed by atoms with Gasteiger partial charge in [-0.15, -0.1) is 0 Å². The van der Waals surface area contributed by atoms with E-state index in [2.05, 4.69) is 14.3 Å². The minimum absolute atomic E-state index is 0.131. The Morgan fingerprint density at radius 2 is 1.44 bits per heavy atom. The van der Waals surface area contributed by atoms with Crippen molar-refractivity contribution in [3.05, 3.63) is 113 Å². The molecule has 2 heterocycles. The molecule has 5 rings (SSSR count). The first-order chi connectivity index (χ1) is 16.7. The molecule has 1 fully saturated rings. The van der Waals surface area contributed by atoms with Gasteiger partial charge >= 0.3 is 0 Å². The zero-order valence-electron chi connectivity index (χ0n) is 18.7. The van der Waals surface area contributed by atoms with Gasteiger partial charge in [-0.3, -0.25) is 4.79 Å². The molecule has 0 bridgehead atoms. The molecule has 0 aliphatic carbocycles. The van der Waals surface area contributed by atoms with Gasteiger partial charge in [0, 0.05) is 44.1 Å². The number of amides is 1. The number of hydrogen-bond donors (Lipinski definition) is 0. The smallest absolute Gasteiger partial charge is 0.234 e. The van der Waals surface area contributed by atoms with Gasteiger partial charge in [-0.05, 0) is 28.8 Å². The predicted molar refractivity (Wildman–Crippen MR) is 133 cm³/mol. The molecule has 1 amide bonds. The molecular formula is C27H25FN4OS. The summed E-state index contributed by atoms with van der Waals surface area (Å²) in [7, 11) is 0. The second kappa shape index (κ2) is 10.1. The lowest BCUT2D eigenvalue weighted by atomic mass is 9.90. The van der Waals surface area contributed by atoms with Gasteiger partial charge < -0.3 is 9.80 Å². The first kappa shape index (κ1) is 22.2. The van der Waals surface area contributed by atoms with Gasteiger partial charge in [-0.1, -0.05) is 72.8 Å². The van der Waals surface area contributed by atoms with Crippen LogP contribution in [0.3, 0.4) is 0 Å². The van der Waals surface area contributed by atoms with Gasteiger partial charge in [0.2, 0.25) is 11.0 Å². The standard InChI is InChI=1S/C27H25FN4OS/c28-23-13-11-20(12-14-23)19-24-29-27(34-30-24)32-17-15-31(16-18-32)26(33)25(21-7-3-1-4-8-21)22-9-5-2-6-10-22/h1-14,25H,15-19H2. The van der Waals surface area contributed by atoms with Crippen molar-refractivity contribution in [2.24, 2.45) is 0 Å². The van der Waals surface area contributed by atoms with E-state index in [-0.39, 0.29) is 17.6 Å². The van der Waals surface area contributed by atoms with Crippen molar-refractivity contribution in [1.29, 1.82) is 0 Å². The van der Waals surface area contributed by atoms with E-state index >= 15 is 0 Å². The Hall–Kier alpha value is -3.58. The van der Waals surface area contributed by atoms with E-state index in [0.717, 1.165) is 27.6 Å². The fourth-order valence-electron chi connectivity index (χ4n) is 4.30. The number of carbonyl (C=O) groups excluding carboxylic acids is 1. The number of rotatable bonds is 6. The van der Waals surface area contributed by atoms with E-state index in [1.807, 2.05) is 65.6 Å². The number of aromatic nitrogens is 2. The van der Waals surface area contributed by atoms with Crippen molar-refractivity contribution in [1.82, 2.24) is 14.3 Å². The molecule has 0 N–H and O–H groups in total. The van der Waals surface area contributed by atoms with Crippen LogP contribution in [0.5, 0.6) is 0 Å². The summed E-state index contributed by atoms with van der Waals surface area (Å²) >= 11 is 1.38. The summed E-state index contributed by atoms with van der Waals surface area (Å²) in [6, 6.07) is 26.4. The average molecular weight is 473 g/mol. The maximum absolute atomic E-state index is 13.6. The molecule has 1 aromatic heterocycles. The van der Waals surface area contributed by atoms with E-state index in [0.29, 0.717) is 32.6 Å². The number of nitrogens with zero attached hydrogens (tertiary/aromatic N) is 4. The van der Waals surface area contributed by atoms with Crippen molar-refractivity contribution in [3.8, 4) is 0 Å². The first-order valence-corrected chi connectivity index (χ1v) is 12.2. The second-order valence-corrected chi connectivity index (χ2v) is 9.09. The van der Waals surface area contributed by atoms with Crippen LogP contribution in [0, 0.1) is 5.82 Å². The molecule has 0 radical (unpaired) electrons. The molecule has 1 aliphatic heterocycles. The SMILES string of the molecule is O=C(C(c1ccccc1)c1ccccc1)N1CCN(c2nc(Cc3ccc(F)cc3)ns2)CC1. The Morgan fingerprint density at radius 3 is 2.03 bits per heavy atom. The summed E-state index contributed by atoms with van der Waals surface area (Å²) < 4.78 is 17.6. The molecule has 5 nitrogen and oxygen atoms in total. The minimum atomic E-state index is -0.308.